The maximum atomic E-state index is 14.1. The van der Waals surface area contributed by atoms with Gasteiger partial charge in [0.2, 0.25) is 0 Å². The lowest BCUT2D eigenvalue weighted by molar-refractivity contribution is -0.461. The number of halogens is 17. The Balaban J connectivity index is 2.04. The normalized spacial score (nSPS) is 14.6. The van der Waals surface area contributed by atoms with Crippen molar-refractivity contribution in [3.63, 3.8) is 0 Å². The number of hydrogen-bond donors (Lipinski definition) is 0. The van der Waals surface area contributed by atoms with Crippen molar-refractivity contribution >= 4 is 0 Å². The maximum absolute atomic E-state index is 14.1. The number of nitrogens with zero attached hydrogens (tertiary/aromatic N) is 6. The molecule has 0 fully saturated rings. The topological polar surface area (TPSA) is 70.7 Å². The summed E-state index contributed by atoms with van der Waals surface area (Å²) in [4.78, 5) is 0. The molecule has 2 aromatic rings. The molecule has 0 aliphatic heterocycles. The molecule has 2 rings (SSSR count). The number of unbranched alkanes of at least 4 members (excludes halogenated alkanes) is 5. The van der Waals surface area contributed by atoms with Gasteiger partial charge < -0.3 is 4.74 Å². The van der Waals surface area contributed by atoms with E-state index in [4.69, 9.17) is 4.74 Å². The molecular weight excluding hydrogens is 711 g/mol. The fourth-order valence-electron chi connectivity index (χ4n) is 3.95. The summed E-state index contributed by atoms with van der Waals surface area (Å²) in [7, 11) is 0. The third-order valence-electron chi connectivity index (χ3n) is 6.85. The van der Waals surface area contributed by atoms with E-state index in [9.17, 15) is 74.6 Å². The van der Waals surface area contributed by atoms with Gasteiger partial charge in [-0.25, -0.2) is 0 Å². The lowest BCUT2D eigenvalue weighted by Gasteiger charge is -2.42. The van der Waals surface area contributed by atoms with Crippen molar-refractivity contribution in [2.75, 3.05) is 0 Å². The predicted molar refractivity (Wildman–Crippen MR) is 127 cm³/mol. The lowest BCUT2D eigenvalue weighted by atomic mass is 9.88. The van der Waals surface area contributed by atoms with Crippen LogP contribution in [0.2, 0.25) is 0 Å². The minimum absolute atomic E-state index is 0.171. The van der Waals surface area contributed by atoms with Crippen LogP contribution in [0.4, 0.5) is 74.6 Å². The predicted octanol–water partition coefficient (Wildman–Crippen LogP) is 8.35. The quantitative estimate of drug-likeness (QED) is 0.101. The summed E-state index contributed by atoms with van der Waals surface area (Å²) in [5, 5.41) is 14.3. The van der Waals surface area contributed by atoms with E-state index in [1.807, 2.05) is 0 Å². The Hall–Kier alpha value is -2.95. The molecule has 0 aromatic carbocycles. The number of hydrogen-bond acceptors (Lipinski definition) is 5. The van der Waals surface area contributed by atoms with Gasteiger partial charge in [0.05, 0.1) is 25.6 Å². The summed E-state index contributed by atoms with van der Waals surface area (Å²) in [5.41, 5.74) is 0.146. The summed E-state index contributed by atoms with van der Waals surface area (Å²) in [6.07, 6.45) is -1.98. The molecule has 0 N–H and O–H groups in total. The molecule has 0 spiro atoms. The van der Waals surface area contributed by atoms with Crippen LogP contribution < -0.4 is 0 Å². The lowest BCUT2D eigenvalue weighted by Crippen LogP contribution is -2.74. The zero-order chi connectivity index (χ0) is 37.0. The van der Waals surface area contributed by atoms with Gasteiger partial charge >= 0.3 is 47.6 Å². The van der Waals surface area contributed by atoms with Crippen LogP contribution in [0.1, 0.15) is 63.3 Å². The maximum Gasteiger partial charge on any atom is 0.460 e. The molecule has 7 nitrogen and oxygen atoms in total. The Morgan fingerprint density at radius 3 is 1.38 bits per heavy atom. The summed E-state index contributed by atoms with van der Waals surface area (Å²) < 4.78 is 235. The van der Waals surface area contributed by atoms with Gasteiger partial charge in [-0.1, -0.05) is 49.5 Å². The van der Waals surface area contributed by atoms with Crippen LogP contribution >= 0.6 is 0 Å². The van der Waals surface area contributed by atoms with Crippen LogP contribution in [-0.2, 0) is 31.0 Å². The first kappa shape index (κ1) is 41.2. The first-order valence-corrected chi connectivity index (χ1v) is 13.8. The minimum atomic E-state index is -8.66. The van der Waals surface area contributed by atoms with Crippen LogP contribution in [-0.4, -0.2) is 77.6 Å². The minimum Gasteiger partial charge on any atom is -0.369 e. The first-order chi connectivity index (χ1) is 21.7. The smallest absolute Gasteiger partial charge is 0.369 e. The molecule has 0 radical (unpaired) electrons. The summed E-state index contributed by atoms with van der Waals surface area (Å²) >= 11 is 0. The summed E-state index contributed by atoms with van der Waals surface area (Å²) in [5.74, 6) is -56.6. The van der Waals surface area contributed by atoms with Crippen molar-refractivity contribution in [1.29, 1.82) is 0 Å². The highest BCUT2D eigenvalue weighted by Gasteiger charge is 2.95. The van der Waals surface area contributed by atoms with Crippen molar-refractivity contribution in [2.24, 2.45) is 0 Å². The van der Waals surface area contributed by atoms with Crippen LogP contribution in [0.3, 0.4) is 0 Å². The van der Waals surface area contributed by atoms with Gasteiger partial charge in [-0.3, -0.25) is 9.36 Å². The van der Waals surface area contributed by atoms with Crippen molar-refractivity contribution in [3.05, 3.63) is 23.8 Å². The molecule has 48 heavy (non-hydrogen) atoms. The molecule has 0 aliphatic rings. The number of aromatic nitrogens is 6. The average Bonchev–Trinajstić information content (AvgIpc) is 3.62. The Kier molecular flexibility index (Phi) is 12.4. The van der Waals surface area contributed by atoms with E-state index in [1.54, 1.807) is 10.9 Å². The molecule has 2 heterocycles. The molecule has 0 amide bonds. The standard InChI is InChI=1S/C24H27F17N6O/c1-2-3-4-5-6-7-9-46-11-15(42-44-46)13-48-14-16-12-47(45-43-16)10-8-17(25,26)18(27,28)19(29,30)20(31,32)21(33,34)22(35,36)23(37,38)24(39,40)41/h11-12H,2-10,13-14H2,1H3. The van der Waals surface area contributed by atoms with Crippen molar-refractivity contribution in [3.8, 4) is 0 Å². The Labute approximate surface area is 259 Å². The zero-order valence-corrected chi connectivity index (χ0v) is 24.4. The molecule has 0 saturated heterocycles. The fourth-order valence-corrected chi connectivity index (χ4v) is 3.95. The molecule has 0 bridgehead atoms. The average molecular weight is 738 g/mol. The SMILES string of the molecule is CCCCCCCCn1cc(COCc2cn(CCC(F)(F)C(F)(F)C(F)(F)C(F)(F)C(F)(F)C(F)(F)C(F)(F)C(F)(F)F)nn2)nn1. The van der Waals surface area contributed by atoms with Gasteiger partial charge in [0.1, 0.15) is 11.4 Å². The second kappa shape index (κ2) is 14.5. The van der Waals surface area contributed by atoms with Gasteiger partial charge in [-0.2, -0.15) is 74.6 Å². The molecule has 24 heteroatoms. The van der Waals surface area contributed by atoms with Gasteiger partial charge in [0.25, 0.3) is 0 Å². The van der Waals surface area contributed by atoms with E-state index < -0.39 is 67.2 Å². The van der Waals surface area contributed by atoms with Crippen LogP contribution in [0.5, 0.6) is 0 Å². The number of rotatable bonds is 20. The molecule has 2 aromatic heterocycles. The Morgan fingerprint density at radius 1 is 0.521 bits per heavy atom. The third kappa shape index (κ3) is 7.92. The van der Waals surface area contributed by atoms with Crippen LogP contribution in [0.25, 0.3) is 0 Å². The van der Waals surface area contributed by atoms with Crippen molar-refractivity contribution in [1.82, 2.24) is 30.0 Å². The number of alkyl halides is 17. The highest BCUT2D eigenvalue weighted by molar-refractivity contribution is 5.15. The molecule has 0 atom stereocenters. The van der Waals surface area contributed by atoms with E-state index in [0.29, 0.717) is 18.4 Å². The van der Waals surface area contributed by atoms with Gasteiger partial charge in [-0.05, 0) is 6.42 Å². The monoisotopic (exact) mass is 738 g/mol. The Morgan fingerprint density at radius 2 is 0.917 bits per heavy atom. The number of aryl methyl sites for hydroxylation is 2. The van der Waals surface area contributed by atoms with E-state index in [-0.39, 0.29) is 17.0 Å². The van der Waals surface area contributed by atoms with E-state index in [1.165, 1.54) is 0 Å². The van der Waals surface area contributed by atoms with Gasteiger partial charge in [0, 0.05) is 19.5 Å². The van der Waals surface area contributed by atoms with Gasteiger partial charge in [0.15, 0.2) is 0 Å². The van der Waals surface area contributed by atoms with Crippen molar-refractivity contribution < 1.29 is 79.4 Å². The zero-order valence-electron chi connectivity index (χ0n) is 24.4. The summed E-state index contributed by atoms with van der Waals surface area (Å²) in [6.45, 7) is 0.452. The van der Waals surface area contributed by atoms with Crippen molar-refractivity contribution in [2.45, 2.75) is 126 Å². The second-order valence-electron chi connectivity index (χ2n) is 10.6. The first-order valence-electron chi connectivity index (χ1n) is 13.8. The fraction of sp³-hybridized carbons (Fsp3) is 0.833. The summed E-state index contributed by atoms with van der Waals surface area (Å²) in [6, 6.07) is 0. The van der Waals surface area contributed by atoms with E-state index >= 15 is 0 Å². The second-order valence-corrected chi connectivity index (χ2v) is 10.6. The highest BCUT2D eigenvalue weighted by atomic mass is 19.4. The molecular formula is C24H27F17N6O. The molecule has 0 unspecified atom stereocenters. The van der Waals surface area contributed by atoms with Crippen LogP contribution in [0, 0.1) is 0 Å². The molecule has 0 saturated carbocycles. The molecule has 278 valence electrons. The van der Waals surface area contributed by atoms with E-state index in [2.05, 4.69) is 27.5 Å². The molecule has 0 aliphatic carbocycles. The Bertz CT molecular complexity index is 1310. The van der Waals surface area contributed by atoms with E-state index in [0.717, 1.165) is 38.5 Å². The van der Waals surface area contributed by atoms with Crippen LogP contribution in [0.15, 0.2) is 12.4 Å². The highest BCUT2D eigenvalue weighted by Crippen LogP contribution is 2.64. The van der Waals surface area contributed by atoms with Gasteiger partial charge in [-0.15, -0.1) is 10.2 Å². The number of ether oxygens (including phenoxy) is 1. The largest absolute Gasteiger partial charge is 0.460 e. The third-order valence-corrected chi connectivity index (χ3v) is 6.85.